The Morgan fingerprint density at radius 3 is 1.60 bits per heavy atom. The first-order valence-electron chi connectivity index (χ1n) is 24.5. The number of hydrogen-bond acceptors (Lipinski definition) is 3. The van der Waals surface area contributed by atoms with Gasteiger partial charge < -0.3 is 14.1 Å². The van der Waals surface area contributed by atoms with Gasteiger partial charge in [0.05, 0.1) is 0 Å². The van der Waals surface area contributed by atoms with Gasteiger partial charge in [-0.2, -0.15) is 0 Å². The third kappa shape index (κ3) is 6.93. The molecule has 0 radical (unpaired) electrons. The third-order valence-electron chi connectivity index (χ3n) is 15.0. The average Bonchev–Trinajstić information content (AvgIpc) is 3.66. The van der Waals surface area contributed by atoms with Crippen molar-refractivity contribution in [1.29, 1.82) is 0 Å². The van der Waals surface area contributed by atoms with Crippen molar-refractivity contribution in [2.45, 2.75) is 106 Å². The summed E-state index contributed by atoms with van der Waals surface area (Å²) in [6.45, 7) is 29.8. The van der Waals surface area contributed by atoms with Crippen molar-refractivity contribution >= 4 is 68.1 Å². The molecule has 1 aromatic heterocycles. The normalized spacial score (nSPS) is 13.6. The number of para-hydroxylation sites is 1. The van der Waals surface area contributed by atoms with Crippen molar-refractivity contribution in [2.24, 2.45) is 0 Å². The van der Waals surface area contributed by atoms with Gasteiger partial charge in [-0.25, -0.2) is 0 Å². The van der Waals surface area contributed by atoms with Gasteiger partial charge in [-0.3, -0.25) is 0 Å². The molecule has 0 spiro atoms. The summed E-state index contributed by atoms with van der Waals surface area (Å²) in [6.07, 6.45) is 0. The summed E-state index contributed by atoms with van der Waals surface area (Å²) in [4.78, 5) is 5.26. The van der Waals surface area contributed by atoms with Crippen molar-refractivity contribution in [3.63, 3.8) is 0 Å². The second-order valence-corrected chi connectivity index (χ2v) is 22.9. The minimum Gasteiger partial charge on any atom is -0.455 e. The largest absolute Gasteiger partial charge is 0.455 e. The maximum Gasteiger partial charge on any atom is 0.333 e. The highest BCUT2D eigenvalue weighted by Crippen LogP contribution is 2.52. The van der Waals surface area contributed by atoms with Crippen LogP contribution in [-0.4, -0.2) is 6.85 Å². The SMILES string of the molecule is Cc1cccc(C)c1-c1ccc(N2B3c4ccc(C(C)(C)C)cc4N(c4cc(C(C)(C)C)cc(C(C)(C)C)c4)c4cc5c(oc6ccccc65)c(c43)-c3cc(-c4c(C)cccc4C)ccc32)cc1. The second-order valence-electron chi connectivity index (χ2n) is 22.9. The first-order valence-corrected chi connectivity index (χ1v) is 24.5. The van der Waals surface area contributed by atoms with Crippen LogP contribution >= 0.6 is 0 Å². The summed E-state index contributed by atoms with van der Waals surface area (Å²) in [5, 5.41) is 2.26. The van der Waals surface area contributed by atoms with Crippen molar-refractivity contribution < 1.29 is 4.42 Å². The number of fused-ring (bicyclic) bond motifs is 8. The molecule has 9 aromatic rings. The van der Waals surface area contributed by atoms with Crippen molar-refractivity contribution in [3.8, 4) is 33.4 Å². The van der Waals surface area contributed by atoms with E-state index in [1.54, 1.807) is 0 Å². The van der Waals surface area contributed by atoms with E-state index in [1.807, 2.05) is 0 Å². The highest BCUT2D eigenvalue weighted by atomic mass is 16.3. The van der Waals surface area contributed by atoms with Crippen LogP contribution in [0.15, 0.2) is 150 Å². The number of benzene rings is 8. The van der Waals surface area contributed by atoms with Gasteiger partial charge in [-0.1, -0.05) is 153 Å². The Balaban J connectivity index is 1.30. The van der Waals surface area contributed by atoms with E-state index in [0.717, 1.165) is 27.6 Å². The van der Waals surface area contributed by atoms with Crippen LogP contribution < -0.4 is 20.6 Å². The molecule has 0 N–H and O–H groups in total. The highest BCUT2D eigenvalue weighted by molar-refractivity contribution is 6.94. The fraction of sp³-hybridized carbons (Fsp3) is 0.250. The zero-order valence-corrected chi connectivity index (χ0v) is 42.2. The number of hydrogen-bond donors (Lipinski definition) is 0. The Labute approximate surface area is 404 Å². The minimum absolute atomic E-state index is 0.0720. The van der Waals surface area contributed by atoms with Gasteiger partial charge in [0.15, 0.2) is 0 Å². The van der Waals surface area contributed by atoms with E-state index >= 15 is 0 Å². The molecule has 0 fully saturated rings. The number of furan rings is 1. The molecule has 0 aliphatic carbocycles. The lowest BCUT2D eigenvalue weighted by Gasteiger charge is -2.46. The lowest BCUT2D eigenvalue weighted by Crippen LogP contribution is -2.61. The maximum absolute atomic E-state index is 7.18. The summed E-state index contributed by atoms with van der Waals surface area (Å²) in [6, 6.07) is 55.6. The minimum atomic E-state index is -0.171. The molecule has 0 unspecified atom stereocenters. The van der Waals surface area contributed by atoms with Gasteiger partial charge in [0, 0.05) is 50.3 Å². The van der Waals surface area contributed by atoms with Crippen LogP contribution in [0.5, 0.6) is 0 Å². The summed E-state index contributed by atoms with van der Waals surface area (Å²) in [7, 11) is 0. The van der Waals surface area contributed by atoms with Crippen LogP contribution in [0.25, 0.3) is 55.3 Å². The first-order chi connectivity index (χ1) is 32.3. The molecule has 0 amide bonds. The third-order valence-corrected chi connectivity index (χ3v) is 15.0. The molecule has 3 heterocycles. The molecule has 2 aliphatic heterocycles. The van der Waals surface area contributed by atoms with Crippen LogP contribution in [0.1, 0.15) is 101 Å². The maximum atomic E-state index is 7.18. The summed E-state index contributed by atoms with van der Waals surface area (Å²) in [5.74, 6) is 0. The lowest BCUT2D eigenvalue weighted by molar-refractivity contribution is 0.569. The van der Waals surface area contributed by atoms with E-state index in [2.05, 4.69) is 245 Å². The predicted molar refractivity (Wildman–Crippen MR) is 293 cm³/mol. The van der Waals surface area contributed by atoms with Crippen LogP contribution in [0.4, 0.5) is 28.4 Å². The Bertz CT molecular complexity index is 3440. The van der Waals surface area contributed by atoms with E-state index in [0.29, 0.717) is 0 Å². The van der Waals surface area contributed by atoms with Gasteiger partial charge in [-0.15, -0.1) is 0 Å². The average molecular weight is 887 g/mol. The van der Waals surface area contributed by atoms with E-state index in [1.165, 1.54) is 106 Å². The highest BCUT2D eigenvalue weighted by Gasteiger charge is 2.47. The van der Waals surface area contributed by atoms with Crippen LogP contribution in [0, 0.1) is 27.7 Å². The van der Waals surface area contributed by atoms with Crippen molar-refractivity contribution in [2.75, 3.05) is 9.71 Å². The number of rotatable bonds is 4. The molecule has 0 atom stereocenters. The monoisotopic (exact) mass is 887 g/mol. The Kier molecular flexibility index (Phi) is 9.90. The fourth-order valence-corrected chi connectivity index (χ4v) is 11.3. The molecular weight excluding hydrogens is 824 g/mol. The molecule has 3 nitrogen and oxygen atoms in total. The Hall–Kier alpha value is -6.78. The quantitative estimate of drug-likeness (QED) is 0.164. The van der Waals surface area contributed by atoms with Crippen LogP contribution in [-0.2, 0) is 16.2 Å². The van der Waals surface area contributed by atoms with Gasteiger partial charge in [-0.05, 0) is 171 Å². The van der Waals surface area contributed by atoms with Gasteiger partial charge in [0.25, 0.3) is 0 Å². The summed E-state index contributed by atoms with van der Waals surface area (Å²) >= 11 is 0. The molecule has 338 valence electrons. The summed E-state index contributed by atoms with van der Waals surface area (Å²) in [5.41, 5.74) is 26.5. The first kappa shape index (κ1) is 43.8. The van der Waals surface area contributed by atoms with Crippen molar-refractivity contribution in [3.05, 3.63) is 185 Å². The standard InChI is InChI=1S/C64H63BN2O/c1-38-18-16-19-39(2)57(38)42-24-28-47(29-25-42)67-53-31-26-43(58-40(3)20-17-21-41(58)4)32-51(53)59-60-55(37-50-49-22-14-15-23-56(49)68-61(50)59)66(54-36-44(62(5,6)7)27-30-52(54)65(60)67)48-34-45(63(8,9)10)33-46(35-48)64(11,12)13/h14-37H,1-13H3. The van der Waals surface area contributed by atoms with E-state index in [4.69, 9.17) is 4.42 Å². The molecule has 2 aliphatic rings. The zero-order valence-electron chi connectivity index (χ0n) is 42.2. The van der Waals surface area contributed by atoms with Gasteiger partial charge >= 0.3 is 6.85 Å². The zero-order chi connectivity index (χ0) is 47.8. The van der Waals surface area contributed by atoms with E-state index in [-0.39, 0.29) is 23.1 Å². The van der Waals surface area contributed by atoms with Gasteiger partial charge in [0.1, 0.15) is 11.2 Å². The Morgan fingerprint density at radius 2 is 1.00 bits per heavy atom. The smallest absolute Gasteiger partial charge is 0.333 e. The molecule has 68 heavy (non-hydrogen) atoms. The molecule has 0 saturated carbocycles. The van der Waals surface area contributed by atoms with E-state index < -0.39 is 0 Å². The second kappa shape index (κ2) is 15.4. The van der Waals surface area contributed by atoms with E-state index in [9.17, 15) is 0 Å². The molecule has 0 saturated heterocycles. The molecule has 4 heteroatoms. The molecule has 8 aromatic carbocycles. The van der Waals surface area contributed by atoms with Crippen molar-refractivity contribution in [1.82, 2.24) is 0 Å². The number of anilines is 5. The summed E-state index contributed by atoms with van der Waals surface area (Å²) < 4.78 is 7.18. The molecular formula is C64H63BN2O. The van der Waals surface area contributed by atoms with Crippen LogP contribution in [0.3, 0.4) is 0 Å². The van der Waals surface area contributed by atoms with Gasteiger partial charge in [0.2, 0.25) is 0 Å². The van der Waals surface area contributed by atoms with Crippen LogP contribution in [0.2, 0.25) is 0 Å². The molecule has 11 rings (SSSR count). The topological polar surface area (TPSA) is 19.6 Å². The molecule has 0 bridgehead atoms. The lowest BCUT2D eigenvalue weighted by atomic mass is 9.43. The number of aryl methyl sites for hydroxylation is 4. The Morgan fingerprint density at radius 1 is 0.426 bits per heavy atom. The number of nitrogens with zero attached hydrogens (tertiary/aromatic N) is 2. The predicted octanol–water partition coefficient (Wildman–Crippen LogP) is 16.8. The fourth-order valence-electron chi connectivity index (χ4n) is 11.3.